The highest BCUT2D eigenvalue weighted by Gasteiger charge is 2.06. The molecule has 2 aromatic carbocycles. The average Bonchev–Trinajstić information content (AvgIpc) is 2.63. The normalized spacial score (nSPS) is 11.3. The maximum absolute atomic E-state index is 11.0. The van der Waals surface area contributed by atoms with Gasteiger partial charge in [0.05, 0.1) is 7.11 Å². The summed E-state index contributed by atoms with van der Waals surface area (Å²) in [6.07, 6.45) is 0. The molecule has 2 bridgehead atoms. The molecule has 0 radical (unpaired) electrons. The van der Waals surface area contributed by atoms with E-state index in [0.717, 1.165) is 17.7 Å². The minimum atomic E-state index is -0.539. The van der Waals surface area contributed by atoms with Gasteiger partial charge in [-0.1, -0.05) is 30.3 Å². The van der Waals surface area contributed by atoms with Crippen molar-refractivity contribution < 1.29 is 14.3 Å². The molecule has 0 spiro atoms. The van der Waals surface area contributed by atoms with E-state index < -0.39 is 5.91 Å². The molecule has 0 aliphatic carbocycles. The summed E-state index contributed by atoms with van der Waals surface area (Å²) < 4.78 is 10.3. The summed E-state index contributed by atoms with van der Waals surface area (Å²) in [7, 11) is 1.56. The van der Waals surface area contributed by atoms with Gasteiger partial charge in [0.25, 0.3) is 5.91 Å². The van der Waals surface area contributed by atoms with Crippen molar-refractivity contribution in [2.45, 2.75) is 6.61 Å². The number of benzene rings is 2. The number of amides is 1. The van der Waals surface area contributed by atoms with Crippen molar-refractivity contribution in [3.8, 4) is 11.5 Å². The van der Waals surface area contributed by atoms with Crippen molar-refractivity contribution in [2.24, 2.45) is 5.73 Å². The highest BCUT2D eigenvalue weighted by Crippen LogP contribution is 2.23. The summed E-state index contributed by atoms with van der Waals surface area (Å²) in [5.41, 5.74) is 7.31. The molecule has 116 valence electrons. The van der Waals surface area contributed by atoms with Crippen molar-refractivity contribution >= 4 is 16.8 Å². The summed E-state index contributed by atoms with van der Waals surface area (Å²) in [4.78, 5) is 15.1. The molecular formula is C18H16N2O3. The van der Waals surface area contributed by atoms with E-state index in [1.807, 2.05) is 24.3 Å². The fraction of sp³-hybridized carbons (Fsp3) is 0.111. The van der Waals surface area contributed by atoms with Crippen LogP contribution in [0, 0.1) is 0 Å². The van der Waals surface area contributed by atoms with Gasteiger partial charge in [-0.25, -0.2) is 4.98 Å². The van der Waals surface area contributed by atoms with E-state index >= 15 is 0 Å². The van der Waals surface area contributed by atoms with Crippen molar-refractivity contribution in [3.63, 3.8) is 0 Å². The molecule has 0 unspecified atom stereocenters. The van der Waals surface area contributed by atoms with E-state index in [2.05, 4.69) is 17.1 Å². The fourth-order valence-electron chi connectivity index (χ4n) is 2.27. The van der Waals surface area contributed by atoms with Crippen LogP contribution < -0.4 is 15.2 Å². The largest absolute Gasteiger partial charge is 0.494 e. The first-order chi connectivity index (χ1) is 11.2. The van der Waals surface area contributed by atoms with Crippen molar-refractivity contribution in [3.05, 3.63) is 65.9 Å². The first-order valence-corrected chi connectivity index (χ1v) is 7.12. The Hall–Kier alpha value is -3.08. The molecule has 5 heteroatoms. The third kappa shape index (κ3) is 3.23. The van der Waals surface area contributed by atoms with Gasteiger partial charge in [-0.2, -0.15) is 0 Å². The quantitative estimate of drug-likeness (QED) is 0.790. The fourth-order valence-corrected chi connectivity index (χ4v) is 2.27. The highest BCUT2D eigenvalue weighted by atomic mass is 16.5. The Bertz CT molecular complexity index is 822. The molecule has 5 nitrogen and oxygen atoms in total. The second kappa shape index (κ2) is 6.36. The lowest BCUT2D eigenvalue weighted by atomic mass is 10.2. The number of rotatable bonds is 2. The van der Waals surface area contributed by atoms with E-state index in [0.29, 0.717) is 11.3 Å². The van der Waals surface area contributed by atoms with Crippen LogP contribution in [0.4, 0.5) is 0 Å². The second-order valence-electron chi connectivity index (χ2n) is 5.03. The Morgan fingerprint density at radius 3 is 2.39 bits per heavy atom. The highest BCUT2D eigenvalue weighted by molar-refractivity contribution is 5.94. The van der Waals surface area contributed by atoms with E-state index in [4.69, 9.17) is 15.2 Å². The molecular weight excluding hydrogens is 292 g/mol. The Morgan fingerprint density at radius 2 is 1.91 bits per heavy atom. The molecule has 2 aliphatic rings. The molecule has 5 rings (SSSR count). The Kier molecular flexibility index (Phi) is 4.10. The zero-order valence-corrected chi connectivity index (χ0v) is 12.7. The summed E-state index contributed by atoms with van der Waals surface area (Å²) in [5, 5.41) is 0.916. The molecule has 3 heterocycles. The van der Waals surface area contributed by atoms with Crippen molar-refractivity contribution in [2.75, 3.05) is 7.11 Å². The number of carbonyl (C=O) groups is 1. The maximum Gasteiger partial charge on any atom is 0.267 e. The molecule has 1 aromatic heterocycles. The number of hydrogen-bond donors (Lipinski definition) is 1. The first kappa shape index (κ1) is 14.8. The molecule has 23 heavy (non-hydrogen) atoms. The minimum Gasteiger partial charge on any atom is -0.494 e. The maximum atomic E-state index is 11.0. The van der Waals surface area contributed by atoms with Gasteiger partial charge in [0, 0.05) is 5.39 Å². The zero-order valence-electron chi connectivity index (χ0n) is 12.7. The van der Waals surface area contributed by atoms with E-state index in [1.165, 1.54) is 5.56 Å². The first-order valence-electron chi connectivity index (χ1n) is 7.12. The van der Waals surface area contributed by atoms with Crippen LogP contribution in [0.25, 0.3) is 10.9 Å². The number of para-hydroxylation sites is 1. The van der Waals surface area contributed by atoms with Crippen LogP contribution in [-0.2, 0) is 6.61 Å². The van der Waals surface area contributed by atoms with E-state index in [1.54, 1.807) is 25.3 Å². The molecule has 2 N–H and O–H groups in total. The number of pyridine rings is 1. The monoisotopic (exact) mass is 308 g/mol. The van der Waals surface area contributed by atoms with Gasteiger partial charge in [0.15, 0.2) is 0 Å². The minimum absolute atomic E-state index is 0.243. The molecule has 2 aliphatic heterocycles. The Morgan fingerprint density at radius 1 is 1.13 bits per heavy atom. The molecule has 0 fully saturated rings. The standard InChI is InChI=1S/C11H10N2O2.C7H6O/c1-15-9-4-2-3-7-5-6-8(11(12)14)13-10(7)9;1-3-7-4-2-6(1)5-8-7/h2-6H,1H3,(H2,12,14);1-4H,5H2. The summed E-state index contributed by atoms with van der Waals surface area (Å²) >= 11 is 0. The van der Waals surface area contributed by atoms with Crippen LogP contribution in [0.5, 0.6) is 11.5 Å². The summed E-state index contributed by atoms with van der Waals surface area (Å²) in [6, 6.07) is 17.1. The van der Waals surface area contributed by atoms with E-state index in [9.17, 15) is 4.79 Å². The van der Waals surface area contributed by atoms with Crippen molar-refractivity contribution in [1.29, 1.82) is 0 Å². The number of methoxy groups -OCH3 is 1. The summed E-state index contributed by atoms with van der Waals surface area (Å²) in [6.45, 7) is 0.766. The predicted molar refractivity (Wildman–Crippen MR) is 87.6 cm³/mol. The lowest BCUT2D eigenvalue weighted by Gasteiger charge is -2.11. The van der Waals surface area contributed by atoms with Gasteiger partial charge in [-0.15, -0.1) is 0 Å². The number of aromatic nitrogens is 1. The number of hydrogen-bond acceptors (Lipinski definition) is 4. The topological polar surface area (TPSA) is 74.4 Å². The average molecular weight is 308 g/mol. The van der Waals surface area contributed by atoms with Crippen LogP contribution in [0.1, 0.15) is 16.1 Å². The van der Waals surface area contributed by atoms with Crippen LogP contribution >= 0.6 is 0 Å². The van der Waals surface area contributed by atoms with Crippen LogP contribution in [0.2, 0.25) is 0 Å². The second-order valence-corrected chi connectivity index (χ2v) is 5.03. The van der Waals surface area contributed by atoms with Gasteiger partial charge in [0.2, 0.25) is 0 Å². The Balaban J connectivity index is 0.000000162. The Labute approximate surface area is 133 Å². The number of fused-ring (bicyclic) bond motifs is 4. The van der Waals surface area contributed by atoms with Gasteiger partial charge >= 0.3 is 0 Å². The van der Waals surface area contributed by atoms with E-state index in [-0.39, 0.29) is 5.69 Å². The lowest BCUT2D eigenvalue weighted by Crippen LogP contribution is -2.12. The number of nitrogens with zero attached hydrogens (tertiary/aromatic N) is 1. The molecule has 0 saturated carbocycles. The van der Waals surface area contributed by atoms with Gasteiger partial charge in [-0.05, 0) is 29.8 Å². The van der Waals surface area contributed by atoms with Crippen LogP contribution in [0.3, 0.4) is 0 Å². The number of carbonyl (C=O) groups excluding carboxylic acids is 1. The molecule has 3 aromatic rings. The van der Waals surface area contributed by atoms with Gasteiger partial charge in [0.1, 0.15) is 29.3 Å². The number of ether oxygens (including phenoxy) is 2. The van der Waals surface area contributed by atoms with Gasteiger partial charge < -0.3 is 15.2 Å². The lowest BCUT2D eigenvalue weighted by molar-refractivity contribution is 0.0996. The molecule has 1 amide bonds. The zero-order chi connectivity index (χ0) is 16.2. The smallest absolute Gasteiger partial charge is 0.267 e. The predicted octanol–water partition coefficient (Wildman–Crippen LogP) is 2.92. The SMILES string of the molecule is COc1cccc2ccc(C(N)=O)nc12.c1cc2ccc1CO2. The third-order valence-electron chi connectivity index (χ3n) is 3.48. The molecule has 0 atom stereocenters. The van der Waals surface area contributed by atoms with Crippen LogP contribution in [0.15, 0.2) is 54.6 Å². The summed E-state index contributed by atoms with van der Waals surface area (Å²) in [5.74, 6) is 1.08. The van der Waals surface area contributed by atoms with Crippen LogP contribution in [-0.4, -0.2) is 18.0 Å². The number of primary amides is 1. The third-order valence-corrected chi connectivity index (χ3v) is 3.48. The van der Waals surface area contributed by atoms with Crippen molar-refractivity contribution in [1.82, 2.24) is 4.98 Å². The molecule has 0 saturated heterocycles. The number of nitrogens with two attached hydrogens (primary N) is 1. The van der Waals surface area contributed by atoms with Gasteiger partial charge in [-0.3, -0.25) is 4.79 Å².